The Bertz CT molecular complexity index is 807. The quantitative estimate of drug-likeness (QED) is 0.562. The van der Waals surface area contributed by atoms with Crippen LogP contribution in [0.15, 0.2) is 24.4 Å². The summed E-state index contributed by atoms with van der Waals surface area (Å²) in [7, 11) is 0. The predicted molar refractivity (Wildman–Crippen MR) is 96.5 cm³/mol. The van der Waals surface area contributed by atoms with Crippen molar-refractivity contribution in [2.75, 3.05) is 11.9 Å². The summed E-state index contributed by atoms with van der Waals surface area (Å²) in [5, 5.41) is 2.91. The van der Waals surface area contributed by atoms with E-state index in [9.17, 15) is 14.4 Å². The van der Waals surface area contributed by atoms with Gasteiger partial charge in [0.05, 0.1) is 21.3 Å². The fraction of sp³-hybridized carbons (Fsp3) is 0.250. The fourth-order valence-corrected chi connectivity index (χ4v) is 3.08. The largest absolute Gasteiger partial charge is 0.456 e. The molecule has 0 radical (unpaired) electrons. The second-order valence-electron chi connectivity index (χ2n) is 5.03. The molecule has 0 aliphatic carbocycles. The minimum absolute atomic E-state index is 0.0327. The Hall–Kier alpha value is -1.96. The van der Waals surface area contributed by atoms with E-state index in [1.807, 2.05) is 13.0 Å². The first kappa shape index (κ1) is 19.4. The maximum absolute atomic E-state index is 11.9. The number of amides is 1. The number of carbonyl (C=O) groups is 3. The molecular weight excluding hydrogens is 387 g/mol. The molecule has 0 spiro atoms. The van der Waals surface area contributed by atoms with Crippen molar-refractivity contribution in [1.29, 1.82) is 0 Å². The second-order valence-corrected chi connectivity index (χ2v) is 7.16. The summed E-state index contributed by atoms with van der Waals surface area (Å²) < 4.78 is 4.83. The van der Waals surface area contributed by atoms with Gasteiger partial charge >= 0.3 is 5.97 Å². The minimum Gasteiger partial charge on any atom is -0.456 e. The standard InChI is InChI=1S/C16H14Cl2N2O4S/c1-9-2-4-13(25-9)12(21)3-5-15(23)24-8-14(22)20-16-11(18)6-10(17)7-19-16/h2,4,6-7H,3,5,8H2,1H3,(H,19,20,22). The first-order chi connectivity index (χ1) is 11.8. The first-order valence-electron chi connectivity index (χ1n) is 7.21. The van der Waals surface area contributed by atoms with Crippen molar-refractivity contribution in [2.24, 2.45) is 0 Å². The number of pyridine rings is 1. The number of aromatic nitrogens is 1. The van der Waals surface area contributed by atoms with Crippen molar-refractivity contribution in [1.82, 2.24) is 4.98 Å². The molecule has 2 aromatic heterocycles. The third kappa shape index (κ3) is 6.12. The lowest BCUT2D eigenvalue weighted by molar-refractivity contribution is -0.147. The van der Waals surface area contributed by atoms with E-state index >= 15 is 0 Å². The van der Waals surface area contributed by atoms with E-state index in [0.29, 0.717) is 9.90 Å². The van der Waals surface area contributed by atoms with Crippen LogP contribution in [0.3, 0.4) is 0 Å². The molecule has 0 fully saturated rings. The molecule has 2 aromatic rings. The van der Waals surface area contributed by atoms with Gasteiger partial charge in [-0.1, -0.05) is 23.2 Å². The number of rotatable bonds is 7. The molecule has 1 amide bonds. The van der Waals surface area contributed by atoms with Gasteiger partial charge in [-0.3, -0.25) is 14.4 Å². The lowest BCUT2D eigenvalue weighted by Gasteiger charge is -2.07. The minimum atomic E-state index is -0.632. The molecule has 9 heteroatoms. The third-order valence-electron chi connectivity index (χ3n) is 3.00. The maximum atomic E-state index is 11.9. The molecule has 6 nitrogen and oxygen atoms in total. The topological polar surface area (TPSA) is 85.4 Å². The molecular formula is C16H14Cl2N2O4S. The number of nitrogens with one attached hydrogen (secondary N) is 1. The molecule has 2 rings (SSSR count). The van der Waals surface area contributed by atoms with Crippen LogP contribution in [0, 0.1) is 6.92 Å². The second kappa shape index (κ2) is 8.94. The average molecular weight is 401 g/mol. The Morgan fingerprint density at radius 1 is 1.24 bits per heavy atom. The van der Waals surface area contributed by atoms with Crippen LogP contribution in [0.25, 0.3) is 0 Å². The highest BCUT2D eigenvalue weighted by atomic mass is 35.5. The molecule has 0 bridgehead atoms. The predicted octanol–water partition coefficient (Wildman–Crippen LogP) is 3.90. The van der Waals surface area contributed by atoms with Crippen LogP contribution in [0.5, 0.6) is 0 Å². The van der Waals surface area contributed by atoms with Crippen molar-refractivity contribution in [3.63, 3.8) is 0 Å². The number of esters is 1. The Morgan fingerprint density at radius 3 is 2.64 bits per heavy atom. The van der Waals surface area contributed by atoms with Gasteiger partial charge in [0.15, 0.2) is 18.2 Å². The highest BCUT2D eigenvalue weighted by Crippen LogP contribution is 2.22. The van der Waals surface area contributed by atoms with Crippen LogP contribution in [0.1, 0.15) is 27.4 Å². The number of ketones is 1. The average Bonchev–Trinajstić information content (AvgIpc) is 3.00. The molecule has 25 heavy (non-hydrogen) atoms. The van der Waals surface area contributed by atoms with E-state index in [0.717, 1.165) is 4.88 Å². The van der Waals surface area contributed by atoms with E-state index in [4.69, 9.17) is 27.9 Å². The number of thiophene rings is 1. The molecule has 0 unspecified atom stereocenters. The number of nitrogens with zero attached hydrogens (tertiary/aromatic N) is 1. The van der Waals surface area contributed by atoms with Gasteiger partial charge in [-0.2, -0.15) is 0 Å². The Labute approximate surface area is 158 Å². The molecule has 132 valence electrons. The van der Waals surface area contributed by atoms with Gasteiger partial charge in [0.1, 0.15) is 0 Å². The molecule has 0 saturated heterocycles. The maximum Gasteiger partial charge on any atom is 0.306 e. The lowest BCUT2D eigenvalue weighted by atomic mass is 10.2. The fourth-order valence-electron chi connectivity index (χ4n) is 1.82. The number of carbonyl (C=O) groups excluding carboxylic acids is 3. The normalized spacial score (nSPS) is 10.4. The smallest absolute Gasteiger partial charge is 0.306 e. The van der Waals surface area contributed by atoms with E-state index in [-0.39, 0.29) is 29.5 Å². The van der Waals surface area contributed by atoms with Crippen LogP contribution >= 0.6 is 34.5 Å². The van der Waals surface area contributed by atoms with Crippen LogP contribution < -0.4 is 5.32 Å². The zero-order valence-corrected chi connectivity index (χ0v) is 15.5. The molecule has 1 N–H and O–H groups in total. The zero-order chi connectivity index (χ0) is 18.4. The Kier molecular flexibility index (Phi) is 6.92. The van der Waals surface area contributed by atoms with E-state index in [1.54, 1.807) is 6.07 Å². The Morgan fingerprint density at radius 2 is 2.00 bits per heavy atom. The van der Waals surface area contributed by atoms with Gasteiger partial charge in [-0.25, -0.2) is 4.98 Å². The zero-order valence-electron chi connectivity index (χ0n) is 13.2. The van der Waals surface area contributed by atoms with E-state index in [2.05, 4.69) is 10.3 Å². The highest BCUT2D eigenvalue weighted by molar-refractivity contribution is 7.14. The Balaban J connectivity index is 1.74. The number of hydrogen-bond donors (Lipinski definition) is 1. The highest BCUT2D eigenvalue weighted by Gasteiger charge is 2.14. The molecule has 0 aromatic carbocycles. The van der Waals surface area contributed by atoms with Crippen molar-refractivity contribution in [3.05, 3.63) is 44.2 Å². The number of anilines is 1. The molecule has 2 heterocycles. The number of hydrogen-bond acceptors (Lipinski definition) is 6. The SMILES string of the molecule is Cc1ccc(C(=O)CCC(=O)OCC(=O)Nc2ncc(Cl)cc2Cl)s1. The van der Waals surface area contributed by atoms with Crippen molar-refractivity contribution >= 4 is 58.0 Å². The summed E-state index contributed by atoms with van der Waals surface area (Å²) in [6, 6.07) is 5.00. The van der Waals surface area contributed by atoms with Crippen LogP contribution in [-0.2, 0) is 14.3 Å². The van der Waals surface area contributed by atoms with E-state index in [1.165, 1.54) is 23.6 Å². The van der Waals surface area contributed by atoms with Gasteiger partial charge in [-0.15, -0.1) is 11.3 Å². The number of aryl methyl sites for hydroxylation is 1. The van der Waals surface area contributed by atoms with Gasteiger partial charge in [0.2, 0.25) is 0 Å². The number of Topliss-reactive ketones (excluding diaryl/α,β-unsaturated/α-hetero) is 1. The molecule has 0 aliphatic rings. The molecule has 0 aliphatic heterocycles. The summed E-state index contributed by atoms with van der Waals surface area (Å²) in [4.78, 5) is 40.8. The summed E-state index contributed by atoms with van der Waals surface area (Å²) in [5.74, 6) is -1.23. The lowest BCUT2D eigenvalue weighted by Crippen LogP contribution is -2.21. The summed E-state index contributed by atoms with van der Waals surface area (Å²) in [6.07, 6.45) is 1.26. The van der Waals surface area contributed by atoms with Crippen molar-refractivity contribution < 1.29 is 19.1 Å². The monoisotopic (exact) mass is 400 g/mol. The van der Waals surface area contributed by atoms with Gasteiger partial charge in [-0.05, 0) is 25.1 Å². The van der Waals surface area contributed by atoms with Gasteiger partial charge in [0, 0.05) is 17.5 Å². The molecule has 0 atom stereocenters. The van der Waals surface area contributed by atoms with Crippen LogP contribution in [-0.4, -0.2) is 29.3 Å². The summed E-state index contributed by atoms with van der Waals surface area (Å²) in [6.45, 7) is 1.40. The van der Waals surface area contributed by atoms with Crippen LogP contribution in [0.4, 0.5) is 5.82 Å². The van der Waals surface area contributed by atoms with Crippen molar-refractivity contribution in [2.45, 2.75) is 19.8 Å². The first-order valence-corrected chi connectivity index (χ1v) is 8.78. The van der Waals surface area contributed by atoms with Crippen molar-refractivity contribution in [3.8, 4) is 0 Å². The summed E-state index contributed by atoms with van der Waals surface area (Å²) in [5.41, 5.74) is 0. The van der Waals surface area contributed by atoms with Gasteiger partial charge in [0.25, 0.3) is 5.91 Å². The number of ether oxygens (including phenoxy) is 1. The third-order valence-corrected chi connectivity index (χ3v) is 4.54. The van der Waals surface area contributed by atoms with E-state index < -0.39 is 18.5 Å². The van der Waals surface area contributed by atoms with Crippen LogP contribution in [0.2, 0.25) is 10.0 Å². The van der Waals surface area contributed by atoms with Gasteiger partial charge < -0.3 is 10.1 Å². The summed E-state index contributed by atoms with van der Waals surface area (Å²) >= 11 is 13.0. The molecule has 0 saturated carbocycles. The number of halogens is 2.